The van der Waals surface area contributed by atoms with Crippen molar-refractivity contribution in [3.63, 3.8) is 0 Å². The molecule has 1 rings (SSSR count). The molecule has 3 heteroatoms. The van der Waals surface area contributed by atoms with Gasteiger partial charge in [-0.2, -0.15) is 0 Å². The summed E-state index contributed by atoms with van der Waals surface area (Å²) in [5.41, 5.74) is 1.08. The maximum atomic E-state index is 5.08. The van der Waals surface area contributed by atoms with Gasteiger partial charge in [0, 0.05) is 17.6 Å². The van der Waals surface area contributed by atoms with Crippen LogP contribution in [0.5, 0.6) is 0 Å². The maximum Gasteiger partial charge on any atom is 0.0551 e. The number of allylic oxidation sites excluding steroid dienone is 2. The SMILES string of the molecule is CC1=CNCC=C(S)C1=S. The third-order valence-electron chi connectivity index (χ3n) is 1.32. The summed E-state index contributed by atoms with van der Waals surface area (Å²) in [5.74, 6) is 0. The van der Waals surface area contributed by atoms with Crippen LogP contribution < -0.4 is 5.32 Å². The lowest BCUT2D eigenvalue weighted by atomic mass is 10.2. The molecule has 0 radical (unpaired) electrons. The first-order chi connectivity index (χ1) is 4.72. The van der Waals surface area contributed by atoms with Gasteiger partial charge in [-0.1, -0.05) is 18.3 Å². The minimum absolute atomic E-state index is 0.816. The van der Waals surface area contributed by atoms with Crippen LogP contribution in [0.2, 0.25) is 0 Å². The zero-order valence-electron chi connectivity index (χ0n) is 5.72. The predicted octanol–water partition coefficient (Wildman–Crippen LogP) is 1.68. The van der Waals surface area contributed by atoms with Crippen LogP contribution in [0.15, 0.2) is 22.8 Å². The summed E-state index contributed by atoms with van der Waals surface area (Å²) in [6.45, 7) is 2.79. The molecule has 0 aromatic heterocycles. The molecule has 0 saturated carbocycles. The number of hydrogen-bond donors (Lipinski definition) is 2. The third kappa shape index (κ3) is 1.61. The molecule has 54 valence electrons. The molecular weight excluding hydrogens is 162 g/mol. The Morgan fingerprint density at radius 1 is 1.70 bits per heavy atom. The number of rotatable bonds is 0. The minimum atomic E-state index is 0.816. The monoisotopic (exact) mass is 171 g/mol. The first-order valence-corrected chi connectivity index (χ1v) is 3.91. The molecule has 0 aromatic carbocycles. The molecule has 1 N–H and O–H groups in total. The van der Waals surface area contributed by atoms with Crippen LogP contribution in [0.1, 0.15) is 6.92 Å². The Labute approximate surface area is 71.6 Å². The summed E-state index contributed by atoms with van der Waals surface area (Å²) in [7, 11) is 0. The minimum Gasteiger partial charge on any atom is -0.387 e. The zero-order chi connectivity index (χ0) is 7.56. The third-order valence-corrected chi connectivity index (χ3v) is 2.42. The van der Waals surface area contributed by atoms with Gasteiger partial charge in [-0.3, -0.25) is 0 Å². The summed E-state index contributed by atoms with van der Waals surface area (Å²) in [6.07, 6.45) is 3.89. The van der Waals surface area contributed by atoms with Gasteiger partial charge in [-0.25, -0.2) is 0 Å². The van der Waals surface area contributed by atoms with Gasteiger partial charge in [0.1, 0.15) is 0 Å². The van der Waals surface area contributed by atoms with Gasteiger partial charge in [0.2, 0.25) is 0 Å². The van der Waals surface area contributed by atoms with Gasteiger partial charge >= 0.3 is 0 Å². The molecule has 10 heavy (non-hydrogen) atoms. The summed E-state index contributed by atoms with van der Waals surface area (Å²) >= 11 is 9.31. The Hall–Kier alpha value is -0.280. The second kappa shape index (κ2) is 3.21. The first-order valence-electron chi connectivity index (χ1n) is 3.06. The van der Waals surface area contributed by atoms with Gasteiger partial charge < -0.3 is 5.32 Å². The molecule has 0 aromatic rings. The van der Waals surface area contributed by atoms with Crippen LogP contribution in [0.4, 0.5) is 0 Å². The van der Waals surface area contributed by atoms with E-state index in [1.54, 1.807) is 0 Å². The fraction of sp³-hybridized carbons (Fsp3) is 0.286. The fourth-order valence-electron chi connectivity index (χ4n) is 0.728. The average Bonchev–Trinajstić information content (AvgIpc) is 2.04. The summed E-state index contributed by atoms with van der Waals surface area (Å²) < 4.78 is 0. The molecule has 0 unspecified atom stereocenters. The second-order valence-electron chi connectivity index (χ2n) is 2.15. The van der Waals surface area contributed by atoms with E-state index in [1.165, 1.54) is 0 Å². The highest BCUT2D eigenvalue weighted by Crippen LogP contribution is 2.12. The van der Waals surface area contributed by atoms with Crippen molar-refractivity contribution in [3.05, 3.63) is 22.8 Å². The quantitative estimate of drug-likeness (QED) is 0.425. The number of hydrogen-bond acceptors (Lipinski definition) is 3. The van der Waals surface area contributed by atoms with Crippen molar-refractivity contribution >= 4 is 29.7 Å². The highest BCUT2D eigenvalue weighted by Gasteiger charge is 2.04. The van der Waals surface area contributed by atoms with Crippen molar-refractivity contribution in [1.82, 2.24) is 5.32 Å². The molecule has 0 spiro atoms. The molecule has 0 amide bonds. The van der Waals surface area contributed by atoms with Crippen molar-refractivity contribution in [2.24, 2.45) is 0 Å². The van der Waals surface area contributed by atoms with E-state index >= 15 is 0 Å². The Bertz CT molecular complexity index is 194. The predicted molar refractivity (Wildman–Crippen MR) is 51.4 cm³/mol. The molecule has 1 nitrogen and oxygen atoms in total. The van der Waals surface area contributed by atoms with E-state index in [4.69, 9.17) is 12.2 Å². The molecule has 0 saturated heterocycles. The van der Waals surface area contributed by atoms with Crippen molar-refractivity contribution in [2.75, 3.05) is 6.54 Å². The lowest BCUT2D eigenvalue weighted by Gasteiger charge is -1.98. The largest absolute Gasteiger partial charge is 0.387 e. The van der Waals surface area contributed by atoms with Gasteiger partial charge in [0.25, 0.3) is 0 Å². The van der Waals surface area contributed by atoms with Crippen LogP contribution >= 0.6 is 24.8 Å². The summed E-state index contributed by atoms with van der Waals surface area (Å²) in [4.78, 5) is 1.74. The highest BCUT2D eigenvalue weighted by atomic mass is 32.1. The van der Waals surface area contributed by atoms with Gasteiger partial charge in [-0.15, -0.1) is 12.6 Å². The normalized spacial score (nSPS) is 18.8. The van der Waals surface area contributed by atoms with Crippen molar-refractivity contribution in [3.8, 4) is 0 Å². The van der Waals surface area contributed by atoms with Crippen molar-refractivity contribution in [2.45, 2.75) is 6.92 Å². The number of nitrogens with one attached hydrogen (secondary N) is 1. The molecule has 1 aliphatic heterocycles. The smallest absolute Gasteiger partial charge is 0.0551 e. The topological polar surface area (TPSA) is 12.0 Å². The molecule has 0 bridgehead atoms. The second-order valence-corrected chi connectivity index (χ2v) is 3.04. The van der Waals surface area contributed by atoms with Gasteiger partial charge in [0.15, 0.2) is 0 Å². The zero-order valence-corrected chi connectivity index (χ0v) is 7.43. The standard InChI is InChI=1S/C7H9NS2/c1-5-4-8-3-2-6(9)7(5)10/h2,4,8-9H,3H2,1H3. The van der Waals surface area contributed by atoms with E-state index in [0.717, 1.165) is 21.9 Å². The first kappa shape index (κ1) is 7.82. The molecular formula is C7H9NS2. The van der Waals surface area contributed by atoms with Gasteiger partial charge in [0.05, 0.1) is 4.86 Å². The molecule has 0 atom stereocenters. The molecule has 1 aliphatic rings. The lowest BCUT2D eigenvalue weighted by molar-refractivity contribution is 0.983. The van der Waals surface area contributed by atoms with E-state index in [9.17, 15) is 0 Å². The van der Waals surface area contributed by atoms with Crippen molar-refractivity contribution < 1.29 is 0 Å². The van der Waals surface area contributed by atoms with E-state index in [1.807, 2.05) is 19.2 Å². The Balaban J connectivity index is 2.90. The highest BCUT2D eigenvalue weighted by molar-refractivity contribution is 7.90. The van der Waals surface area contributed by atoms with Crippen LogP contribution in [-0.4, -0.2) is 11.4 Å². The van der Waals surface area contributed by atoms with E-state index in [0.29, 0.717) is 0 Å². The fourth-order valence-corrected chi connectivity index (χ4v) is 1.14. The maximum absolute atomic E-state index is 5.08. The van der Waals surface area contributed by atoms with Gasteiger partial charge in [-0.05, 0) is 12.5 Å². The average molecular weight is 171 g/mol. The molecule has 0 fully saturated rings. The number of thiocarbonyl (C=S) groups is 1. The lowest BCUT2D eigenvalue weighted by Crippen LogP contribution is -2.02. The van der Waals surface area contributed by atoms with E-state index < -0.39 is 0 Å². The molecule has 1 heterocycles. The Morgan fingerprint density at radius 3 is 3.10 bits per heavy atom. The van der Waals surface area contributed by atoms with Crippen LogP contribution in [-0.2, 0) is 0 Å². The Morgan fingerprint density at radius 2 is 2.40 bits per heavy atom. The Kier molecular flexibility index (Phi) is 2.51. The number of thiol groups is 1. The van der Waals surface area contributed by atoms with E-state index in [-0.39, 0.29) is 0 Å². The van der Waals surface area contributed by atoms with E-state index in [2.05, 4.69) is 17.9 Å². The van der Waals surface area contributed by atoms with Crippen LogP contribution in [0, 0.1) is 0 Å². The van der Waals surface area contributed by atoms with Crippen molar-refractivity contribution in [1.29, 1.82) is 0 Å². The van der Waals surface area contributed by atoms with Crippen LogP contribution in [0.3, 0.4) is 0 Å². The molecule has 0 aliphatic carbocycles. The summed E-state index contributed by atoms with van der Waals surface area (Å²) in [5, 5.41) is 3.08. The van der Waals surface area contributed by atoms with Crippen LogP contribution in [0.25, 0.3) is 0 Å². The summed E-state index contributed by atoms with van der Waals surface area (Å²) in [6, 6.07) is 0.